The van der Waals surface area contributed by atoms with Gasteiger partial charge in [-0.3, -0.25) is 0 Å². The predicted molar refractivity (Wildman–Crippen MR) is 73.9 cm³/mol. The first-order valence-corrected chi connectivity index (χ1v) is 6.80. The minimum atomic E-state index is 0.360. The number of pyridine rings is 1. The van der Waals surface area contributed by atoms with Gasteiger partial charge in [0.15, 0.2) is 0 Å². The van der Waals surface area contributed by atoms with Crippen LogP contribution in [0.5, 0.6) is 0 Å². The molecule has 1 unspecified atom stereocenters. The highest BCUT2D eigenvalue weighted by atomic mass is 16.5. The van der Waals surface area contributed by atoms with Crippen LogP contribution in [0.1, 0.15) is 25.5 Å². The summed E-state index contributed by atoms with van der Waals surface area (Å²) < 4.78 is 5.73. The summed E-state index contributed by atoms with van der Waals surface area (Å²) in [6.45, 7) is 5.72. The second-order valence-corrected chi connectivity index (χ2v) is 4.68. The summed E-state index contributed by atoms with van der Waals surface area (Å²) in [6.07, 6.45) is 2.71. The number of nitrogens with one attached hydrogen (secondary N) is 1. The molecule has 4 heteroatoms. The largest absolute Gasteiger partial charge is 0.377 e. The van der Waals surface area contributed by atoms with Gasteiger partial charge in [0, 0.05) is 26.2 Å². The lowest BCUT2D eigenvalue weighted by atomic mass is 10.1. The van der Waals surface area contributed by atoms with Gasteiger partial charge in [0.1, 0.15) is 5.82 Å². The van der Waals surface area contributed by atoms with E-state index in [-0.39, 0.29) is 0 Å². The Morgan fingerprint density at radius 3 is 3.17 bits per heavy atom. The molecule has 0 amide bonds. The fourth-order valence-corrected chi connectivity index (χ4v) is 2.44. The van der Waals surface area contributed by atoms with Crippen LogP contribution in [0, 0.1) is 0 Å². The zero-order chi connectivity index (χ0) is 12.8. The monoisotopic (exact) mass is 249 g/mol. The average Bonchev–Trinajstić information content (AvgIpc) is 2.40. The molecule has 2 heterocycles. The van der Waals surface area contributed by atoms with E-state index in [4.69, 9.17) is 4.74 Å². The minimum Gasteiger partial charge on any atom is -0.377 e. The molecular weight excluding hydrogens is 226 g/mol. The maximum Gasteiger partial charge on any atom is 0.128 e. The van der Waals surface area contributed by atoms with Gasteiger partial charge in [-0.15, -0.1) is 0 Å². The molecule has 0 aromatic carbocycles. The van der Waals surface area contributed by atoms with Crippen LogP contribution in [0.15, 0.2) is 18.2 Å². The maximum atomic E-state index is 5.73. The van der Waals surface area contributed by atoms with E-state index in [9.17, 15) is 0 Å². The molecule has 0 radical (unpaired) electrons. The molecule has 1 aliphatic heterocycles. The topological polar surface area (TPSA) is 37.4 Å². The first kappa shape index (κ1) is 13.3. The molecule has 0 saturated carbocycles. The first-order chi connectivity index (χ1) is 8.83. The fourth-order valence-electron chi connectivity index (χ4n) is 2.44. The van der Waals surface area contributed by atoms with Gasteiger partial charge in [-0.1, -0.05) is 6.07 Å². The molecule has 4 nitrogen and oxygen atoms in total. The molecule has 1 saturated heterocycles. The van der Waals surface area contributed by atoms with Crippen LogP contribution in [0.25, 0.3) is 0 Å². The van der Waals surface area contributed by atoms with Crippen molar-refractivity contribution in [1.82, 2.24) is 10.3 Å². The van der Waals surface area contributed by atoms with E-state index in [1.54, 1.807) is 0 Å². The highest BCUT2D eigenvalue weighted by Gasteiger charge is 2.20. The Balaban J connectivity index is 2.03. The number of ether oxygens (including phenoxy) is 1. The smallest absolute Gasteiger partial charge is 0.128 e. The number of rotatable bonds is 5. The summed E-state index contributed by atoms with van der Waals surface area (Å²) in [5.74, 6) is 1.08. The number of aromatic nitrogens is 1. The van der Waals surface area contributed by atoms with Gasteiger partial charge >= 0.3 is 0 Å². The number of anilines is 1. The third kappa shape index (κ3) is 3.43. The van der Waals surface area contributed by atoms with Crippen molar-refractivity contribution >= 4 is 5.82 Å². The van der Waals surface area contributed by atoms with Crippen molar-refractivity contribution in [3.63, 3.8) is 0 Å². The van der Waals surface area contributed by atoms with Crippen molar-refractivity contribution in [2.24, 2.45) is 0 Å². The molecule has 0 aliphatic carbocycles. The average molecular weight is 249 g/mol. The molecule has 1 aliphatic rings. The normalized spacial score (nSPS) is 20.1. The molecule has 0 spiro atoms. The Hall–Kier alpha value is -1.13. The summed E-state index contributed by atoms with van der Waals surface area (Å²) in [5.41, 5.74) is 1.09. The molecule has 2 rings (SSSR count). The van der Waals surface area contributed by atoms with Crippen molar-refractivity contribution in [1.29, 1.82) is 0 Å². The number of hydrogen-bond acceptors (Lipinski definition) is 4. The predicted octanol–water partition coefficient (Wildman–Crippen LogP) is 1.81. The van der Waals surface area contributed by atoms with Crippen LogP contribution in [0.2, 0.25) is 0 Å². The van der Waals surface area contributed by atoms with Gasteiger partial charge in [0.25, 0.3) is 0 Å². The molecule has 100 valence electrons. The zero-order valence-corrected chi connectivity index (χ0v) is 11.4. The second-order valence-electron chi connectivity index (χ2n) is 4.68. The van der Waals surface area contributed by atoms with Crippen LogP contribution in [0.4, 0.5) is 5.82 Å². The van der Waals surface area contributed by atoms with Crippen LogP contribution < -0.4 is 10.2 Å². The minimum absolute atomic E-state index is 0.360. The van der Waals surface area contributed by atoms with Crippen LogP contribution >= 0.6 is 0 Å². The van der Waals surface area contributed by atoms with Crippen LogP contribution in [0.3, 0.4) is 0 Å². The third-order valence-electron chi connectivity index (χ3n) is 3.25. The van der Waals surface area contributed by atoms with Gasteiger partial charge < -0.3 is 15.0 Å². The molecule has 0 bridgehead atoms. The van der Waals surface area contributed by atoms with E-state index in [1.165, 1.54) is 12.8 Å². The summed E-state index contributed by atoms with van der Waals surface area (Å²) >= 11 is 0. The van der Waals surface area contributed by atoms with Gasteiger partial charge in [-0.05, 0) is 38.9 Å². The van der Waals surface area contributed by atoms with Crippen LogP contribution in [-0.2, 0) is 11.3 Å². The Labute approximate surface area is 109 Å². The molecule has 1 aromatic rings. The summed E-state index contributed by atoms with van der Waals surface area (Å²) in [6, 6.07) is 6.23. The molecule has 1 N–H and O–H groups in total. The maximum absolute atomic E-state index is 5.73. The number of piperidine rings is 1. The summed E-state index contributed by atoms with van der Waals surface area (Å²) in [5, 5.41) is 3.14. The van der Waals surface area contributed by atoms with Crippen molar-refractivity contribution in [2.75, 3.05) is 31.6 Å². The number of nitrogens with zero attached hydrogens (tertiary/aromatic N) is 2. The zero-order valence-electron chi connectivity index (χ0n) is 11.4. The second kappa shape index (κ2) is 6.71. The van der Waals surface area contributed by atoms with E-state index >= 15 is 0 Å². The van der Waals surface area contributed by atoms with E-state index < -0.39 is 0 Å². The summed E-state index contributed by atoms with van der Waals surface area (Å²) in [4.78, 5) is 7.02. The van der Waals surface area contributed by atoms with E-state index in [0.717, 1.165) is 37.8 Å². The Bertz CT molecular complexity index is 368. The highest BCUT2D eigenvalue weighted by Crippen LogP contribution is 2.19. The van der Waals surface area contributed by atoms with E-state index in [0.29, 0.717) is 6.10 Å². The SMILES string of the molecule is CCOC1CCCN(c2cccc(CNC)n2)C1. The molecular formula is C14H23N3O. The standard InChI is InChI=1S/C14H23N3O/c1-3-18-13-7-5-9-17(11-13)14-8-4-6-12(16-14)10-15-2/h4,6,8,13,15H,3,5,7,9-11H2,1-2H3. The third-order valence-corrected chi connectivity index (χ3v) is 3.25. The lowest BCUT2D eigenvalue weighted by molar-refractivity contribution is 0.0525. The lowest BCUT2D eigenvalue weighted by Gasteiger charge is -2.33. The van der Waals surface area contributed by atoms with E-state index in [1.807, 2.05) is 7.05 Å². The Kier molecular flexibility index (Phi) is 4.96. The van der Waals surface area contributed by atoms with Gasteiger partial charge in [-0.25, -0.2) is 4.98 Å². The lowest BCUT2D eigenvalue weighted by Crippen LogP contribution is -2.40. The van der Waals surface area contributed by atoms with Gasteiger partial charge in [-0.2, -0.15) is 0 Å². The molecule has 1 aromatic heterocycles. The Morgan fingerprint density at radius 2 is 2.39 bits per heavy atom. The molecule has 18 heavy (non-hydrogen) atoms. The highest BCUT2D eigenvalue weighted by molar-refractivity contribution is 5.40. The molecule has 1 fully saturated rings. The van der Waals surface area contributed by atoms with Crippen molar-refractivity contribution in [3.8, 4) is 0 Å². The fraction of sp³-hybridized carbons (Fsp3) is 0.643. The first-order valence-electron chi connectivity index (χ1n) is 6.80. The number of hydrogen-bond donors (Lipinski definition) is 1. The van der Waals surface area contributed by atoms with Gasteiger partial charge in [0.2, 0.25) is 0 Å². The van der Waals surface area contributed by atoms with Crippen LogP contribution in [-0.4, -0.2) is 37.8 Å². The quantitative estimate of drug-likeness (QED) is 0.863. The van der Waals surface area contributed by atoms with E-state index in [2.05, 4.69) is 40.3 Å². The molecule has 1 atom stereocenters. The van der Waals surface area contributed by atoms with Gasteiger partial charge in [0.05, 0.1) is 11.8 Å². The van der Waals surface area contributed by atoms with Crippen molar-refractivity contribution in [2.45, 2.75) is 32.4 Å². The summed E-state index contributed by atoms with van der Waals surface area (Å²) in [7, 11) is 1.94. The Morgan fingerprint density at radius 1 is 1.50 bits per heavy atom. The van der Waals surface area contributed by atoms with Crippen molar-refractivity contribution in [3.05, 3.63) is 23.9 Å². The van der Waals surface area contributed by atoms with Crippen molar-refractivity contribution < 1.29 is 4.74 Å².